The molecule has 0 aliphatic rings. The molecule has 0 aliphatic carbocycles. The summed E-state index contributed by atoms with van der Waals surface area (Å²) in [5.41, 5.74) is 0. The molecule has 15 heavy (non-hydrogen) atoms. The summed E-state index contributed by atoms with van der Waals surface area (Å²) in [6.45, 7) is 14.2. The molecule has 0 fully saturated rings. The van der Waals surface area contributed by atoms with Crippen molar-refractivity contribution in [2.45, 2.75) is 58.9 Å². The first-order chi connectivity index (χ1) is 5.89. The molecule has 0 aromatic heterocycles. The largest absolute Gasteiger partial charge is 2.00 e. The Kier molecular flexibility index (Phi) is 15.7. The van der Waals surface area contributed by atoms with Crippen LogP contribution >= 0.6 is 0 Å². The molecule has 88 valence electrons. The maximum absolute atomic E-state index is 5.87. The van der Waals surface area contributed by atoms with Gasteiger partial charge in [0.15, 0.2) is 0 Å². The monoisotopic (exact) mass is 354 g/mol. The van der Waals surface area contributed by atoms with Crippen molar-refractivity contribution >= 4 is 31.6 Å². The van der Waals surface area contributed by atoms with Crippen LogP contribution in [0.2, 0.25) is 12.6 Å². The van der Waals surface area contributed by atoms with E-state index in [-0.39, 0.29) is 59.2 Å². The molecule has 0 spiro atoms. The van der Waals surface area contributed by atoms with Gasteiger partial charge in [0.05, 0.1) is 0 Å². The summed E-state index contributed by atoms with van der Waals surface area (Å²) in [5, 5.41) is 0. The number of hydrogen-bond acceptors (Lipinski definition) is 2. The predicted molar refractivity (Wildman–Crippen MR) is 64.6 cm³/mol. The summed E-state index contributed by atoms with van der Waals surface area (Å²) in [7, 11) is -1.94. The molecule has 0 bridgehead atoms. The summed E-state index contributed by atoms with van der Waals surface area (Å²) in [5.74, 6) is 0. The van der Waals surface area contributed by atoms with E-state index in [1.54, 1.807) is 0 Å². The van der Waals surface area contributed by atoms with Crippen LogP contribution in [0, 0.1) is 6.92 Å². The Morgan fingerprint density at radius 1 is 1.07 bits per heavy atom. The standard InChI is InChI=1S/C10H23O2Si.HI.Mg/c1-7-8-13(6,11-9(2)3)12-10(4)5;;/h9-10H,1,7-8H2,2-6H3;1H;/q-1;;+2/p-1. The van der Waals surface area contributed by atoms with Crippen molar-refractivity contribution in [3.8, 4) is 0 Å². The van der Waals surface area contributed by atoms with Crippen molar-refractivity contribution in [1.82, 2.24) is 0 Å². The zero-order chi connectivity index (χ0) is 10.5. The van der Waals surface area contributed by atoms with E-state index < -0.39 is 8.56 Å². The second-order valence-electron chi connectivity index (χ2n) is 4.07. The summed E-state index contributed by atoms with van der Waals surface area (Å²) >= 11 is 0. The maximum Gasteiger partial charge on any atom is 2.00 e. The molecule has 0 rings (SSSR count). The molecule has 2 nitrogen and oxygen atoms in total. The smallest absolute Gasteiger partial charge is 1.00 e. The Labute approximate surface area is 129 Å². The van der Waals surface area contributed by atoms with E-state index in [2.05, 4.69) is 41.2 Å². The first kappa shape index (κ1) is 21.9. The van der Waals surface area contributed by atoms with Gasteiger partial charge in [-0.15, -0.1) is 0 Å². The molecule has 0 saturated heterocycles. The Morgan fingerprint density at radius 3 is 1.60 bits per heavy atom. The minimum Gasteiger partial charge on any atom is -1.00 e. The predicted octanol–water partition coefficient (Wildman–Crippen LogP) is -0.244. The van der Waals surface area contributed by atoms with Gasteiger partial charge in [-0.05, 0) is 40.3 Å². The molecule has 0 unspecified atom stereocenters. The van der Waals surface area contributed by atoms with Crippen molar-refractivity contribution in [2.75, 3.05) is 0 Å². The average molecular weight is 355 g/mol. The molecule has 0 N–H and O–H groups in total. The Hall–Kier alpha value is 1.63. The first-order valence-electron chi connectivity index (χ1n) is 5.04. The third-order valence-electron chi connectivity index (χ3n) is 1.60. The number of hydrogen-bond donors (Lipinski definition) is 0. The average Bonchev–Trinajstić information content (AvgIpc) is 1.81. The van der Waals surface area contributed by atoms with Gasteiger partial charge in [0.2, 0.25) is 0 Å². The van der Waals surface area contributed by atoms with Gasteiger partial charge in [-0.3, -0.25) is 0 Å². The SMILES string of the molecule is [CH2-]CC[Si](C)(OC(C)C)OC(C)C.[I-].[Mg+2]. The number of rotatable bonds is 6. The van der Waals surface area contributed by atoms with Crippen LogP contribution in [-0.2, 0) is 8.85 Å². The molecule has 0 aliphatic heterocycles. The van der Waals surface area contributed by atoms with Crippen LogP contribution in [0.1, 0.15) is 34.1 Å². The van der Waals surface area contributed by atoms with Gasteiger partial charge >= 0.3 is 31.6 Å². The molecule has 0 heterocycles. The molecule has 0 amide bonds. The van der Waals surface area contributed by atoms with Gasteiger partial charge in [-0.25, -0.2) is 0 Å². The third-order valence-corrected chi connectivity index (χ3v) is 4.80. The zero-order valence-corrected chi connectivity index (χ0v) is 15.2. The summed E-state index contributed by atoms with van der Waals surface area (Å²) in [4.78, 5) is 0. The van der Waals surface area contributed by atoms with E-state index in [1.807, 2.05) is 0 Å². The summed E-state index contributed by atoms with van der Waals surface area (Å²) in [6, 6.07) is 0.976. The maximum atomic E-state index is 5.87. The van der Waals surface area contributed by atoms with Gasteiger partial charge in [0.1, 0.15) is 0 Å². The Bertz CT molecular complexity index is 135. The van der Waals surface area contributed by atoms with Crippen molar-refractivity contribution < 1.29 is 32.8 Å². The normalized spacial score (nSPS) is 11.2. The van der Waals surface area contributed by atoms with Gasteiger partial charge in [-0.1, -0.05) is 0 Å². The molecule has 0 aromatic rings. The molecule has 0 atom stereocenters. The molecular weight excluding hydrogens is 331 g/mol. The van der Waals surface area contributed by atoms with Crippen LogP contribution < -0.4 is 24.0 Å². The molecule has 0 radical (unpaired) electrons. The van der Waals surface area contributed by atoms with Crippen LogP contribution in [0.3, 0.4) is 0 Å². The molecule has 0 saturated carbocycles. The van der Waals surface area contributed by atoms with Gasteiger partial charge < -0.3 is 39.8 Å². The molecule has 5 heteroatoms. The van der Waals surface area contributed by atoms with Gasteiger partial charge in [0.25, 0.3) is 0 Å². The first-order valence-corrected chi connectivity index (χ1v) is 7.57. The minimum absolute atomic E-state index is 0. The van der Waals surface area contributed by atoms with E-state index in [9.17, 15) is 0 Å². The Morgan fingerprint density at radius 2 is 1.40 bits per heavy atom. The minimum atomic E-state index is -1.94. The fourth-order valence-corrected chi connectivity index (χ4v) is 4.39. The zero-order valence-electron chi connectivity index (χ0n) is 10.7. The van der Waals surface area contributed by atoms with Crippen LogP contribution in [0.4, 0.5) is 0 Å². The quantitative estimate of drug-likeness (QED) is 0.372. The Balaban J connectivity index is -0.000000720. The van der Waals surface area contributed by atoms with E-state index in [0.717, 1.165) is 12.5 Å². The summed E-state index contributed by atoms with van der Waals surface area (Å²) < 4.78 is 11.7. The number of halogens is 1. The van der Waals surface area contributed by atoms with E-state index >= 15 is 0 Å². The molecule has 0 aromatic carbocycles. The van der Waals surface area contributed by atoms with Gasteiger partial charge in [0, 0.05) is 12.2 Å². The summed E-state index contributed by atoms with van der Waals surface area (Å²) in [6.07, 6.45) is 1.39. The van der Waals surface area contributed by atoms with E-state index in [4.69, 9.17) is 8.85 Å². The van der Waals surface area contributed by atoms with Crippen molar-refractivity contribution in [3.63, 3.8) is 0 Å². The van der Waals surface area contributed by atoms with E-state index in [1.165, 1.54) is 0 Å². The van der Waals surface area contributed by atoms with E-state index in [0.29, 0.717) is 0 Å². The second-order valence-corrected chi connectivity index (χ2v) is 7.31. The topological polar surface area (TPSA) is 18.5 Å². The van der Waals surface area contributed by atoms with Crippen LogP contribution in [0.15, 0.2) is 0 Å². The van der Waals surface area contributed by atoms with Crippen LogP contribution in [-0.4, -0.2) is 43.8 Å². The van der Waals surface area contributed by atoms with Crippen LogP contribution in [0.5, 0.6) is 0 Å². The fraction of sp³-hybridized carbons (Fsp3) is 0.900. The van der Waals surface area contributed by atoms with Crippen molar-refractivity contribution in [3.05, 3.63) is 6.92 Å². The van der Waals surface area contributed by atoms with Crippen molar-refractivity contribution in [1.29, 1.82) is 0 Å². The second kappa shape index (κ2) is 10.8. The third kappa shape index (κ3) is 11.9. The van der Waals surface area contributed by atoms with Gasteiger partial charge in [-0.2, -0.15) is 6.42 Å². The van der Waals surface area contributed by atoms with Crippen molar-refractivity contribution in [2.24, 2.45) is 0 Å². The van der Waals surface area contributed by atoms with Crippen LogP contribution in [0.25, 0.3) is 0 Å². The fourth-order valence-electron chi connectivity index (χ4n) is 1.46. The molecular formula is C10H23IMgO2Si.